The molecule has 20 heavy (non-hydrogen) atoms. The SMILES string of the molecule is Cc1nc(N2CCC(Nc3ccncn3)C2)ccc1Br. The van der Waals surface area contributed by atoms with Gasteiger partial charge in [0, 0.05) is 29.8 Å². The largest absolute Gasteiger partial charge is 0.365 e. The van der Waals surface area contributed by atoms with Gasteiger partial charge in [0.25, 0.3) is 0 Å². The van der Waals surface area contributed by atoms with Crippen LogP contribution in [-0.2, 0) is 0 Å². The number of hydrogen-bond donors (Lipinski definition) is 1. The van der Waals surface area contributed by atoms with Gasteiger partial charge in [-0.1, -0.05) is 0 Å². The molecule has 2 aromatic rings. The van der Waals surface area contributed by atoms with Crippen molar-refractivity contribution in [1.82, 2.24) is 15.0 Å². The highest BCUT2D eigenvalue weighted by Gasteiger charge is 2.23. The van der Waals surface area contributed by atoms with Crippen LogP contribution in [0, 0.1) is 6.92 Å². The third-order valence-corrected chi connectivity index (χ3v) is 4.29. The first-order chi connectivity index (χ1) is 9.72. The number of halogens is 1. The van der Waals surface area contributed by atoms with Gasteiger partial charge < -0.3 is 10.2 Å². The maximum Gasteiger partial charge on any atom is 0.129 e. The van der Waals surface area contributed by atoms with E-state index >= 15 is 0 Å². The van der Waals surface area contributed by atoms with Crippen molar-refractivity contribution < 1.29 is 0 Å². The first kappa shape index (κ1) is 13.3. The maximum absolute atomic E-state index is 4.62. The van der Waals surface area contributed by atoms with Crippen LogP contribution in [0.3, 0.4) is 0 Å². The second-order valence-electron chi connectivity index (χ2n) is 4.91. The Kier molecular flexibility index (Phi) is 3.82. The van der Waals surface area contributed by atoms with Gasteiger partial charge in [0.1, 0.15) is 18.0 Å². The molecule has 1 aliphatic rings. The molecule has 5 nitrogen and oxygen atoms in total. The second-order valence-corrected chi connectivity index (χ2v) is 5.76. The Morgan fingerprint density at radius 2 is 2.25 bits per heavy atom. The number of hydrogen-bond acceptors (Lipinski definition) is 5. The van der Waals surface area contributed by atoms with Crippen molar-refractivity contribution >= 4 is 27.6 Å². The first-order valence-corrected chi connectivity index (χ1v) is 7.42. The van der Waals surface area contributed by atoms with Crippen LogP contribution < -0.4 is 10.2 Å². The molecule has 1 unspecified atom stereocenters. The molecule has 104 valence electrons. The van der Waals surface area contributed by atoms with Crippen LogP contribution in [0.4, 0.5) is 11.6 Å². The molecule has 3 rings (SSSR count). The van der Waals surface area contributed by atoms with Crippen LogP contribution in [0.2, 0.25) is 0 Å². The molecule has 0 radical (unpaired) electrons. The Hall–Kier alpha value is -1.69. The number of anilines is 2. The lowest BCUT2D eigenvalue weighted by Crippen LogP contribution is -2.27. The molecule has 1 N–H and O–H groups in total. The van der Waals surface area contributed by atoms with Crippen molar-refractivity contribution in [3.8, 4) is 0 Å². The number of aryl methyl sites for hydroxylation is 1. The summed E-state index contributed by atoms with van der Waals surface area (Å²) in [6.45, 7) is 3.97. The van der Waals surface area contributed by atoms with Crippen molar-refractivity contribution in [2.45, 2.75) is 19.4 Å². The fourth-order valence-corrected chi connectivity index (χ4v) is 2.60. The molecule has 0 amide bonds. The van der Waals surface area contributed by atoms with Gasteiger partial charge in [0.05, 0.1) is 5.69 Å². The molecule has 1 aliphatic heterocycles. The first-order valence-electron chi connectivity index (χ1n) is 6.63. The molecule has 0 aromatic carbocycles. The van der Waals surface area contributed by atoms with Crippen LogP contribution in [0.1, 0.15) is 12.1 Å². The molecule has 0 bridgehead atoms. The monoisotopic (exact) mass is 333 g/mol. The van der Waals surface area contributed by atoms with E-state index in [1.54, 1.807) is 12.5 Å². The third kappa shape index (κ3) is 2.90. The zero-order valence-electron chi connectivity index (χ0n) is 11.3. The molecule has 2 aromatic heterocycles. The number of nitrogens with zero attached hydrogens (tertiary/aromatic N) is 4. The van der Waals surface area contributed by atoms with Gasteiger partial charge >= 0.3 is 0 Å². The fraction of sp³-hybridized carbons (Fsp3) is 0.357. The average molecular weight is 334 g/mol. The van der Waals surface area contributed by atoms with E-state index in [1.807, 2.05) is 13.0 Å². The van der Waals surface area contributed by atoms with Gasteiger partial charge in [-0.15, -0.1) is 0 Å². The van der Waals surface area contributed by atoms with E-state index in [9.17, 15) is 0 Å². The molecular weight excluding hydrogens is 318 g/mol. The van der Waals surface area contributed by atoms with Crippen LogP contribution in [0.5, 0.6) is 0 Å². The minimum atomic E-state index is 0.399. The van der Waals surface area contributed by atoms with Gasteiger partial charge in [-0.3, -0.25) is 0 Å². The van der Waals surface area contributed by atoms with Crippen LogP contribution >= 0.6 is 15.9 Å². The number of pyridine rings is 1. The topological polar surface area (TPSA) is 53.9 Å². The lowest BCUT2D eigenvalue weighted by Gasteiger charge is -2.18. The molecule has 1 saturated heterocycles. The van der Waals surface area contributed by atoms with E-state index in [0.717, 1.165) is 41.3 Å². The van der Waals surface area contributed by atoms with Crippen LogP contribution in [-0.4, -0.2) is 34.1 Å². The van der Waals surface area contributed by atoms with Crippen LogP contribution in [0.25, 0.3) is 0 Å². The second kappa shape index (κ2) is 5.75. The third-order valence-electron chi connectivity index (χ3n) is 3.45. The summed E-state index contributed by atoms with van der Waals surface area (Å²) in [5.74, 6) is 1.92. The van der Waals surface area contributed by atoms with E-state index < -0.39 is 0 Å². The summed E-state index contributed by atoms with van der Waals surface area (Å²) in [6, 6.07) is 6.41. The van der Waals surface area contributed by atoms with Crippen molar-refractivity contribution in [2.24, 2.45) is 0 Å². The molecular formula is C14H16BrN5. The summed E-state index contributed by atoms with van der Waals surface area (Å²) in [6.07, 6.45) is 4.40. The quantitative estimate of drug-likeness (QED) is 0.935. The Morgan fingerprint density at radius 3 is 3.00 bits per heavy atom. The molecule has 0 spiro atoms. The molecule has 0 aliphatic carbocycles. The highest BCUT2D eigenvalue weighted by atomic mass is 79.9. The molecule has 0 saturated carbocycles. The minimum absolute atomic E-state index is 0.399. The van der Waals surface area contributed by atoms with Gasteiger partial charge in [0.2, 0.25) is 0 Å². The fourth-order valence-electron chi connectivity index (χ4n) is 2.38. The molecule has 3 heterocycles. The molecule has 6 heteroatoms. The van der Waals surface area contributed by atoms with E-state index in [-0.39, 0.29) is 0 Å². The van der Waals surface area contributed by atoms with Crippen molar-refractivity contribution in [3.05, 3.63) is 40.9 Å². The Bertz CT molecular complexity index is 589. The predicted octanol–water partition coefficient (Wildman–Crippen LogP) is 2.63. The van der Waals surface area contributed by atoms with E-state index in [1.165, 1.54) is 0 Å². The standard InChI is InChI=1S/C14H16BrN5/c1-10-12(15)2-3-14(18-10)20-7-5-11(8-20)19-13-4-6-16-9-17-13/h2-4,6,9,11H,5,7-8H2,1H3,(H,16,17,19). The molecule has 1 atom stereocenters. The van der Waals surface area contributed by atoms with Crippen molar-refractivity contribution in [3.63, 3.8) is 0 Å². The zero-order chi connectivity index (χ0) is 13.9. The van der Waals surface area contributed by atoms with Gasteiger partial charge in [-0.25, -0.2) is 15.0 Å². The average Bonchev–Trinajstić information content (AvgIpc) is 2.91. The lowest BCUT2D eigenvalue weighted by molar-refractivity contribution is 0.798. The predicted molar refractivity (Wildman–Crippen MR) is 82.9 cm³/mol. The van der Waals surface area contributed by atoms with E-state index in [2.05, 4.69) is 53.2 Å². The highest BCUT2D eigenvalue weighted by molar-refractivity contribution is 9.10. The summed E-state index contributed by atoms with van der Waals surface area (Å²) in [4.78, 5) is 15.1. The van der Waals surface area contributed by atoms with Crippen molar-refractivity contribution in [1.29, 1.82) is 0 Å². The van der Waals surface area contributed by atoms with Gasteiger partial charge in [0.15, 0.2) is 0 Å². The summed E-state index contributed by atoms with van der Waals surface area (Å²) in [5, 5.41) is 3.44. The van der Waals surface area contributed by atoms with Gasteiger partial charge in [-0.05, 0) is 47.5 Å². The minimum Gasteiger partial charge on any atom is -0.365 e. The van der Waals surface area contributed by atoms with Crippen LogP contribution in [0.15, 0.2) is 35.2 Å². The Balaban J connectivity index is 1.66. The lowest BCUT2D eigenvalue weighted by atomic mass is 10.2. The summed E-state index contributed by atoms with van der Waals surface area (Å²) >= 11 is 3.49. The van der Waals surface area contributed by atoms with E-state index in [4.69, 9.17) is 0 Å². The number of nitrogens with one attached hydrogen (secondary N) is 1. The normalized spacial score (nSPS) is 18.3. The smallest absolute Gasteiger partial charge is 0.129 e. The zero-order valence-corrected chi connectivity index (χ0v) is 12.8. The summed E-state index contributed by atoms with van der Waals surface area (Å²) < 4.78 is 1.05. The van der Waals surface area contributed by atoms with Crippen molar-refractivity contribution in [2.75, 3.05) is 23.3 Å². The Labute approximate surface area is 126 Å². The maximum atomic E-state index is 4.62. The Morgan fingerprint density at radius 1 is 1.35 bits per heavy atom. The summed E-state index contributed by atoms with van der Waals surface area (Å²) in [7, 11) is 0. The number of rotatable bonds is 3. The highest BCUT2D eigenvalue weighted by Crippen LogP contribution is 2.23. The molecule has 1 fully saturated rings. The number of aromatic nitrogens is 3. The van der Waals surface area contributed by atoms with E-state index in [0.29, 0.717) is 6.04 Å². The van der Waals surface area contributed by atoms with Gasteiger partial charge in [-0.2, -0.15) is 0 Å². The summed E-state index contributed by atoms with van der Waals surface area (Å²) in [5.41, 5.74) is 1.02.